The maximum absolute atomic E-state index is 11.9. The zero-order chi connectivity index (χ0) is 18.9. The summed E-state index contributed by atoms with van der Waals surface area (Å²) in [4.78, 5) is 26.8. The number of halogens is 2. The van der Waals surface area contributed by atoms with Gasteiger partial charge in [0.25, 0.3) is 5.91 Å². The Bertz CT molecular complexity index is 622. The van der Waals surface area contributed by atoms with Crippen molar-refractivity contribution in [1.82, 2.24) is 15.1 Å². The van der Waals surface area contributed by atoms with Crippen LogP contribution in [0, 0.1) is 0 Å². The predicted molar refractivity (Wildman–Crippen MR) is 100 cm³/mol. The number of nitrogens with one attached hydrogen (secondary N) is 1. The molecule has 0 radical (unpaired) electrons. The highest BCUT2D eigenvalue weighted by atomic mass is 35.5. The number of amides is 2. The van der Waals surface area contributed by atoms with E-state index in [1.54, 1.807) is 23.1 Å². The van der Waals surface area contributed by atoms with Gasteiger partial charge in [-0.3, -0.25) is 9.69 Å². The van der Waals surface area contributed by atoms with E-state index in [4.69, 9.17) is 32.7 Å². The van der Waals surface area contributed by atoms with Crippen LogP contribution in [0.5, 0.6) is 5.75 Å². The van der Waals surface area contributed by atoms with Crippen molar-refractivity contribution in [3.8, 4) is 5.75 Å². The molecule has 1 saturated heterocycles. The van der Waals surface area contributed by atoms with Gasteiger partial charge in [0, 0.05) is 39.8 Å². The maximum Gasteiger partial charge on any atom is 0.410 e. The zero-order valence-corrected chi connectivity index (χ0v) is 16.2. The van der Waals surface area contributed by atoms with Crippen LogP contribution in [0.25, 0.3) is 0 Å². The lowest BCUT2D eigenvalue weighted by Gasteiger charge is -2.33. The Hall–Kier alpha value is -1.70. The van der Waals surface area contributed by atoms with Crippen molar-refractivity contribution in [2.75, 3.05) is 53.0 Å². The number of hydrogen-bond acceptors (Lipinski definition) is 5. The molecule has 0 saturated carbocycles. The molecule has 0 unspecified atom stereocenters. The van der Waals surface area contributed by atoms with E-state index in [0.29, 0.717) is 35.5 Å². The van der Waals surface area contributed by atoms with Crippen LogP contribution in [0.4, 0.5) is 4.79 Å². The van der Waals surface area contributed by atoms with E-state index in [2.05, 4.69) is 10.2 Å². The average molecular weight is 404 g/mol. The fourth-order valence-electron chi connectivity index (χ4n) is 2.51. The van der Waals surface area contributed by atoms with Crippen molar-refractivity contribution in [3.05, 3.63) is 28.2 Å². The van der Waals surface area contributed by atoms with Gasteiger partial charge >= 0.3 is 6.09 Å². The minimum Gasteiger partial charge on any atom is -0.492 e. The Labute approximate surface area is 163 Å². The summed E-state index contributed by atoms with van der Waals surface area (Å²) in [5.41, 5.74) is 0. The summed E-state index contributed by atoms with van der Waals surface area (Å²) in [6, 6.07) is 5.30. The molecule has 2 amide bonds. The summed E-state index contributed by atoms with van der Waals surface area (Å²) >= 11 is 12.0. The number of rotatable bonds is 7. The first kappa shape index (κ1) is 20.6. The first-order valence-electron chi connectivity index (χ1n) is 8.42. The minimum atomic E-state index is -0.452. The molecule has 7 nitrogen and oxygen atoms in total. The number of piperazine rings is 1. The number of hydrogen-bond donors (Lipinski definition) is 1. The first-order valence-corrected chi connectivity index (χ1v) is 9.18. The molecule has 0 bridgehead atoms. The molecule has 1 aliphatic heterocycles. The van der Waals surface area contributed by atoms with E-state index in [0.717, 1.165) is 26.1 Å². The molecule has 1 aromatic carbocycles. The molecule has 1 heterocycles. The molecular weight excluding hydrogens is 381 g/mol. The summed E-state index contributed by atoms with van der Waals surface area (Å²) < 4.78 is 10.6. The number of ether oxygens (including phenoxy) is 2. The van der Waals surface area contributed by atoms with Crippen molar-refractivity contribution in [3.63, 3.8) is 0 Å². The minimum absolute atomic E-state index is 0.251. The van der Waals surface area contributed by atoms with E-state index in [-0.39, 0.29) is 12.5 Å². The molecule has 1 aromatic rings. The SMILES string of the molecule is CNC(=O)COC(=O)N1CCN(CCCOc2cccc(Cl)c2Cl)CC1. The van der Waals surface area contributed by atoms with E-state index in [1.165, 1.54) is 7.05 Å². The lowest BCUT2D eigenvalue weighted by atomic mass is 10.3. The third kappa shape index (κ3) is 6.23. The van der Waals surface area contributed by atoms with Crippen molar-refractivity contribution >= 4 is 35.2 Å². The van der Waals surface area contributed by atoms with Crippen LogP contribution in [0.1, 0.15) is 6.42 Å². The molecule has 0 spiro atoms. The van der Waals surface area contributed by atoms with Crippen LogP contribution in [-0.2, 0) is 9.53 Å². The quantitative estimate of drug-likeness (QED) is 0.706. The summed E-state index contributed by atoms with van der Waals surface area (Å²) in [7, 11) is 1.50. The van der Waals surface area contributed by atoms with Gasteiger partial charge in [0.1, 0.15) is 10.8 Å². The van der Waals surface area contributed by atoms with Gasteiger partial charge in [-0.25, -0.2) is 4.79 Å². The number of likely N-dealkylation sites (N-methyl/N-ethyl adjacent to an activating group) is 1. The highest BCUT2D eigenvalue weighted by Gasteiger charge is 2.22. The second-order valence-electron chi connectivity index (χ2n) is 5.81. The van der Waals surface area contributed by atoms with Crippen molar-refractivity contribution in [2.24, 2.45) is 0 Å². The molecule has 0 atom stereocenters. The van der Waals surface area contributed by atoms with Crippen LogP contribution in [0.3, 0.4) is 0 Å². The second kappa shape index (κ2) is 10.4. The lowest BCUT2D eigenvalue weighted by molar-refractivity contribution is -0.123. The van der Waals surface area contributed by atoms with Gasteiger partial charge in [-0.1, -0.05) is 29.3 Å². The Morgan fingerprint density at radius 3 is 2.62 bits per heavy atom. The Morgan fingerprint density at radius 2 is 1.92 bits per heavy atom. The number of nitrogens with zero attached hydrogens (tertiary/aromatic N) is 2. The molecule has 1 aliphatic rings. The Morgan fingerprint density at radius 1 is 1.19 bits per heavy atom. The first-order chi connectivity index (χ1) is 12.5. The molecule has 1 N–H and O–H groups in total. The topological polar surface area (TPSA) is 71.1 Å². The van der Waals surface area contributed by atoms with Gasteiger partial charge in [-0.05, 0) is 18.6 Å². The fraction of sp³-hybridized carbons (Fsp3) is 0.529. The zero-order valence-electron chi connectivity index (χ0n) is 14.7. The van der Waals surface area contributed by atoms with Gasteiger partial charge in [0.2, 0.25) is 0 Å². The van der Waals surface area contributed by atoms with E-state index >= 15 is 0 Å². The van der Waals surface area contributed by atoms with E-state index in [9.17, 15) is 9.59 Å². The third-order valence-electron chi connectivity index (χ3n) is 4.03. The van der Waals surface area contributed by atoms with Crippen LogP contribution in [0.15, 0.2) is 18.2 Å². The molecule has 1 fully saturated rings. The number of carbonyl (C=O) groups excluding carboxylic acids is 2. The Balaban J connectivity index is 1.62. The monoisotopic (exact) mass is 403 g/mol. The normalized spacial score (nSPS) is 14.8. The van der Waals surface area contributed by atoms with E-state index in [1.807, 2.05) is 0 Å². The summed E-state index contributed by atoms with van der Waals surface area (Å²) in [6.07, 6.45) is 0.386. The van der Waals surface area contributed by atoms with Gasteiger partial charge in [0.15, 0.2) is 6.61 Å². The summed E-state index contributed by atoms with van der Waals surface area (Å²) in [5, 5.41) is 3.31. The van der Waals surface area contributed by atoms with E-state index < -0.39 is 6.09 Å². The molecule has 0 aromatic heterocycles. The molecule has 26 heavy (non-hydrogen) atoms. The van der Waals surface area contributed by atoms with Gasteiger partial charge in [-0.15, -0.1) is 0 Å². The highest BCUT2D eigenvalue weighted by molar-refractivity contribution is 6.42. The average Bonchev–Trinajstić information content (AvgIpc) is 2.66. The van der Waals surface area contributed by atoms with Gasteiger partial charge < -0.3 is 19.7 Å². The smallest absolute Gasteiger partial charge is 0.410 e. The van der Waals surface area contributed by atoms with Crippen LogP contribution in [-0.4, -0.2) is 74.8 Å². The van der Waals surface area contributed by atoms with Crippen molar-refractivity contribution < 1.29 is 19.1 Å². The lowest BCUT2D eigenvalue weighted by Crippen LogP contribution is -2.49. The predicted octanol–water partition coefficient (Wildman–Crippen LogP) is 2.26. The van der Waals surface area contributed by atoms with Crippen molar-refractivity contribution in [1.29, 1.82) is 0 Å². The standard InChI is InChI=1S/C17H23Cl2N3O4/c1-20-15(23)12-26-17(24)22-9-7-21(8-10-22)6-3-11-25-14-5-2-4-13(18)16(14)19/h2,4-5H,3,6-12H2,1H3,(H,20,23). The summed E-state index contributed by atoms with van der Waals surface area (Å²) in [6.45, 7) is 3.81. The van der Waals surface area contributed by atoms with Gasteiger partial charge in [-0.2, -0.15) is 0 Å². The highest BCUT2D eigenvalue weighted by Crippen LogP contribution is 2.31. The molecule has 2 rings (SSSR count). The molecule has 9 heteroatoms. The van der Waals surface area contributed by atoms with Crippen LogP contribution in [0.2, 0.25) is 10.0 Å². The largest absolute Gasteiger partial charge is 0.492 e. The number of benzene rings is 1. The number of carbonyl (C=O) groups is 2. The van der Waals surface area contributed by atoms with Crippen molar-refractivity contribution in [2.45, 2.75) is 6.42 Å². The maximum atomic E-state index is 11.9. The fourth-order valence-corrected chi connectivity index (χ4v) is 2.86. The van der Waals surface area contributed by atoms with Crippen LogP contribution < -0.4 is 10.1 Å². The molecule has 0 aliphatic carbocycles. The Kier molecular flexibility index (Phi) is 8.28. The summed E-state index contributed by atoms with van der Waals surface area (Å²) in [5.74, 6) is 0.264. The molecular formula is C17H23Cl2N3O4. The third-order valence-corrected chi connectivity index (χ3v) is 4.83. The molecule has 144 valence electrons. The van der Waals surface area contributed by atoms with Crippen LogP contribution >= 0.6 is 23.2 Å². The second-order valence-corrected chi connectivity index (χ2v) is 6.60. The van der Waals surface area contributed by atoms with Gasteiger partial charge in [0.05, 0.1) is 11.6 Å².